The molecule has 1 fully saturated rings. The number of nitrogens with one attached hydrogen (secondary N) is 1. The standard InChI is InChI=1S/C9H16N2S/c1-6(2)8-11-7(5-10)9(3,4)12-8/h6-8,11H,1-4H3/t7-,8-/m1/s1. The van der Waals surface area contributed by atoms with Gasteiger partial charge in [0.1, 0.15) is 6.04 Å². The molecule has 0 unspecified atom stereocenters. The Hall–Kier alpha value is -0.200. The monoisotopic (exact) mass is 184 g/mol. The van der Waals surface area contributed by atoms with E-state index < -0.39 is 0 Å². The Labute approximate surface area is 78.7 Å². The van der Waals surface area contributed by atoms with Crippen LogP contribution in [0.1, 0.15) is 27.7 Å². The van der Waals surface area contributed by atoms with E-state index in [4.69, 9.17) is 5.26 Å². The van der Waals surface area contributed by atoms with Gasteiger partial charge in [-0.2, -0.15) is 5.26 Å². The summed E-state index contributed by atoms with van der Waals surface area (Å²) in [7, 11) is 0. The molecular weight excluding hydrogens is 168 g/mol. The summed E-state index contributed by atoms with van der Waals surface area (Å²) in [5.74, 6) is 0.590. The maximum atomic E-state index is 8.88. The molecule has 0 spiro atoms. The summed E-state index contributed by atoms with van der Waals surface area (Å²) in [5.41, 5.74) is 0. The smallest absolute Gasteiger partial charge is 0.110 e. The van der Waals surface area contributed by atoms with Crippen molar-refractivity contribution in [3.8, 4) is 6.07 Å². The number of rotatable bonds is 1. The van der Waals surface area contributed by atoms with Gasteiger partial charge in [-0.05, 0) is 19.8 Å². The van der Waals surface area contributed by atoms with Gasteiger partial charge in [0.05, 0.1) is 11.4 Å². The molecule has 0 aromatic rings. The highest BCUT2D eigenvalue weighted by atomic mass is 32.2. The molecule has 0 aromatic heterocycles. The van der Waals surface area contributed by atoms with Gasteiger partial charge in [0, 0.05) is 4.75 Å². The Morgan fingerprint density at radius 3 is 2.33 bits per heavy atom. The minimum atomic E-state index is -0.00472. The first-order valence-corrected chi connectivity index (χ1v) is 5.19. The topological polar surface area (TPSA) is 35.8 Å². The highest BCUT2D eigenvalue weighted by Crippen LogP contribution is 2.39. The lowest BCUT2D eigenvalue weighted by Crippen LogP contribution is -2.37. The van der Waals surface area contributed by atoms with E-state index in [1.54, 1.807) is 0 Å². The molecule has 0 bridgehead atoms. The first kappa shape index (κ1) is 9.88. The normalized spacial score (nSPS) is 33.7. The van der Waals surface area contributed by atoms with Gasteiger partial charge >= 0.3 is 0 Å². The second-order valence-electron chi connectivity index (χ2n) is 4.11. The molecule has 2 nitrogen and oxygen atoms in total. The van der Waals surface area contributed by atoms with Crippen molar-refractivity contribution in [2.75, 3.05) is 0 Å². The summed E-state index contributed by atoms with van der Waals surface area (Å²) in [6, 6.07) is 2.30. The van der Waals surface area contributed by atoms with Gasteiger partial charge in [-0.25, -0.2) is 0 Å². The van der Waals surface area contributed by atoms with Crippen LogP contribution in [-0.4, -0.2) is 16.2 Å². The SMILES string of the molecule is CC(C)[C@@H]1N[C@H](C#N)C(C)(C)S1. The van der Waals surface area contributed by atoms with Crippen molar-refractivity contribution in [1.82, 2.24) is 5.32 Å². The van der Waals surface area contributed by atoms with E-state index in [0.29, 0.717) is 11.3 Å². The van der Waals surface area contributed by atoms with E-state index >= 15 is 0 Å². The average molecular weight is 184 g/mol. The zero-order valence-electron chi connectivity index (χ0n) is 8.09. The van der Waals surface area contributed by atoms with Crippen LogP contribution in [0.4, 0.5) is 0 Å². The van der Waals surface area contributed by atoms with Crippen molar-refractivity contribution in [2.45, 2.75) is 43.9 Å². The van der Waals surface area contributed by atoms with Crippen molar-refractivity contribution in [3.63, 3.8) is 0 Å². The summed E-state index contributed by atoms with van der Waals surface area (Å²) >= 11 is 1.87. The Kier molecular flexibility index (Phi) is 2.70. The van der Waals surface area contributed by atoms with Gasteiger partial charge in [-0.1, -0.05) is 13.8 Å². The van der Waals surface area contributed by atoms with Crippen LogP contribution in [0.15, 0.2) is 0 Å². The first-order valence-electron chi connectivity index (χ1n) is 4.31. The lowest BCUT2D eigenvalue weighted by molar-refractivity contribution is 0.479. The van der Waals surface area contributed by atoms with Crippen molar-refractivity contribution in [3.05, 3.63) is 0 Å². The molecule has 3 heteroatoms. The van der Waals surface area contributed by atoms with Gasteiger partial charge < -0.3 is 0 Å². The maximum absolute atomic E-state index is 8.88. The van der Waals surface area contributed by atoms with E-state index in [9.17, 15) is 0 Å². The largest absolute Gasteiger partial charge is 0.289 e. The molecule has 1 saturated heterocycles. The molecule has 68 valence electrons. The molecule has 1 N–H and O–H groups in total. The fourth-order valence-corrected chi connectivity index (χ4v) is 2.70. The second-order valence-corrected chi connectivity index (χ2v) is 5.91. The van der Waals surface area contributed by atoms with E-state index in [-0.39, 0.29) is 10.8 Å². The minimum absolute atomic E-state index is 0.00472. The number of nitrogens with zero attached hydrogens (tertiary/aromatic N) is 1. The molecule has 1 rings (SSSR count). The molecule has 0 amide bonds. The lowest BCUT2D eigenvalue weighted by atomic mass is 10.0. The maximum Gasteiger partial charge on any atom is 0.110 e. The van der Waals surface area contributed by atoms with Crippen LogP contribution in [0.3, 0.4) is 0 Å². The summed E-state index contributed by atoms with van der Waals surface area (Å²) < 4.78 is 0.0592. The molecule has 1 aliphatic heterocycles. The van der Waals surface area contributed by atoms with E-state index in [0.717, 1.165) is 0 Å². The molecule has 2 atom stereocenters. The molecule has 0 aliphatic carbocycles. The first-order chi connectivity index (χ1) is 5.47. The number of hydrogen-bond donors (Lipinski definition) is 1. The van der Waals surface area contributed by atoms with Crippen LogP contribution >= 0.6 is 11.8 Å². The average Bonchev–Trinajstić information content (AvgIpc) is 2.25. The summed E-state index contributed by atoms with van der Waals surface area (Å²) in [6.07, 6.45) is 0. The molecule has 1 aliphatic rings. The minimum Gasteiger partial charge on any atom is -0.289 e. The van der Waals surface area contributed by atoms with E-state index in [2.05, 4.69) is 39.1 Å². The van der Waals surface area contributed by atoms with Gasteiger partial charge in [-0.15, -0.1) is 11.8 Å². The highest BCUT2D eigenvalue weighted by Gasteiger charge is 2.41. The quantitative estimate of drug-likeness (QED) is 0.677. The van der Waals surface area contributed by atoms with Crippen LogP contribution in [0.5, 0.6) is 0 Å². The van der Waals surface area contributed by atoms with E-state index in [1.807, 2.05) is 11.8 Å². The Bertz CT molecular complexity index is 205. The molecule has 0 saturated carbocycles. The van der Waals surface area contributed by atoms with Gasteiger partial charge in [0.15, 0.2) is 0 Å². The van der Waals surface area contributed by atoms with E-state index in [1.165, 1.54) is 0 Å². The van der Waals surface area contributed by atoms with Crippen LogP contribution in [0.2, 0.25) is 0 Å². The van der Waals surface area contributed by atoms with Crippen molar-refractivity contribution < 1.29 is 0 Å². The summed E-state index contributed by atoms with van der Waals surface area (Å²) in [5, 5.41) is 12.6. The lowest BCUT2D eigenvalue weighted by Gasteiger charge is -2.19. The predicted molar refractivity (Wildman–Crippen MR) is 52.8 cm³/mol. The van der Waals surface area contributed by atoms with Crippen LogP contribution in [-0.2, 0) is 0 Å². The predicted octanol–water partition coefficient (Wildman–Crippen LogP) is 1.98. The third kappa shape index (κ3) is 1.75. The number of hydrogen-bond acceptors (Lipinski definition) is 3. The van der Waals surface area contributed by atoms with Crippen LogP contribution in [0.25, 0.3) is 0 Å². The molecule has 0 aromatic carbocycles. The Morgan fingerprint density at radius 2 is 2.08 bits per heavy atom. The van der Waals surface area contributed by atoms with Gasteiger partial charge in [0.2, 0.25) is 0 Å². The number of thioether (sulfide) groups is 1. The van der Waals surface area contributed by atoms with Gasteiger partial charge in [0.25, 0.3) is 0 Å². The summed E-state index contributed by atoms with van der Waals surface area (Å²) in [6.45, 7) is 8.61. The fraction of sp³-hybridized carbons (Fsp3) is 0.889. The fourth-order valence-electron chi connectivity index (χ4n) is 1.32. The zero-order chi connectivity index (χ0) is 9.35. The third-order valence-corrected chi connectivity index (χ3v) is 3.97. The zero-order valence-corrected chi connectivity index (χ0v) is 8.90. The van der Waals surface area contributed by atoms with Crippen LogP contribution < -0.4 is 5.32 Å². The van der Waals surface area contributed by atoms with Crippen molar-refractivity contribution in [1.29, 1.82) is 5.26 Å². The Balaban J connectivity index is 2.68. The molecular formula is C9H16N2S. The number of nitriles is 1. The molecule has 12 heavy (non-hydrogen) atoms. The molecule has 1 heterocycles. The van der Waals surface area contributed by atoms with Gasteiger partial charge in [-0.3, -0.25) is 5.32 Å². The van der Waals surface area contributed by atoms with Crippen molar-refractivity contribution in [2.24, 2.45) is 5.92 Å². The van der Waals surface area contributed by atoms with Crippen molar-refractivity contribution >= 4 is 11.8 Å². The third-order valence-electron chi connectivity index (χ3n) is 2.19. The summed E-state index contributed by atoms with van der Waals surface area (Å²) in [4.78, 5) is 0. The second kappa shape index (κ2) is 3.27. The van der Waals surface area contributed by atoms with Crippen LogP contribution in [0, 0.1) is 17.2 Å². The highest BCUT2D eigenvalue weighted by molar-refractivity contribution is 8.01. The Morgan fingerprint density at radius 1 is 1.50 bits per heavy atom. The molecule has 0 radical (unpaired) electrons.